The lowest BCUT2D eigenvalue weighted by molar-refractivity contribution is -0.155. The van der Waals surface area contributed by atoms with E-state index >= 15 is 0 Å². The van der Waals surface area contributed by atoms with Crippen LogP contribution in [0.1, 0.15) is 25.5 Å². The summed E-state index contributed by atoms with van der Waals surface area (Å²) >= 11 is 0. The van der Waals surface area contributed by atoms with E-state index in [9.17, 15) is 19.8 Å². The number of carbonyl (C=O) groups excluding carboxylic acids is 2. The number of aromatic hydroxyl groups is 1. The Bertz CT molecular complexity index is 986. The summed E-state index contributed by atoms with van der Waals surface area (Å²) in [7, 11) is 1.27. The van der Waals surface area contributed by atoms with Crippen LogP contribution in [0.3, 0.4) is 0 Å². The topological polar surface area (TPSA) is 137 Å². The molecule has 184 valence electrons. The molecule has 1 aromatic rings. The molecule has 0 aromatic heterocycles. The van der Waals surface area contributed by atoms with Crippen molar-refractivity contribution < 1.29 is 24.5 Å². The van der Waals surface area contributed by atoms with Gasteiger partial charge in [-0.2, -0.15) is 0 Å². The number of rotatable bonds is 10. The number of hydrogen-bond acceptors (Lipinski definition) is 7. The van der Waals surface area contributed by atoms with E-state index in [1.165, 1.54) is 18.1 Å². The molecule has 2 rings (SSSR count). The quantitative estimate of drug-likeness (QED) is 0.328. The van der Waals surface area contributed by atoms with Gasteiger partial charge in [0.25, 0.3) is 11.8 Å². The van der Waals surface area contributed by atoms with Gasteiger partial charge in [0.2, 0.25) is 0 Å². The number of carbonyl (C=O) groups is 2. The zero-order chi connectivity index (χ0) is 25.3. The molecule has 1 fully saturated rings. The van der Waals surface area contributed by atoms with Gasteiger partial charge >= 0.3 is 0 Å². The van der Waals surface area contributed by atoms with Crippen molar-refractivity contribution >= 4 is 17.5 Å². The largest absolute Gasteiger partial charge is 0.506 e. The minimum Gasteiger partial charge on any atom is -0.506 e. The van der Waals surface area contributed by atoms with Gasteiger partial charge in [-0.15, -0.1) is 0 Å². The molecule has 9 nitrogen and oxygen atoms in total. The van der Waals surface area contributed by atoms with E-state index in [1.807, 2.05) is 25.2 Å². The minimum absolute atomic E-state index is 0.0122. The number of anilines is 1. The van der Waals surface area contributed by atoms with Gasteiger partial charge in [-0.25, -0.2) is 0 Å². The molecule has 0 radical (unpaired) electrons. The number of ether oxygens (including phenoxy) is 1. The molecular weight excluding hydrogens is 436 g/mol. The summed E-state index contributed by atoms with van der Waals surface area (Å²) < 4.78 is 5.20. The number of amides is 2. The molecule has 0 saturated carbocycles. The molecule has 0 aliphatic carbocycles. The third-order valence-corrected chi connectivity index (χ3v) is 5.42. The van der Waals surface area contributed by atoms with E-state index in [-0.39, 0.29) is 5.75 Å². The zero-order valence-corrected chi connectivity index (χ0v) is 19.8. The molecule has 1 aromatic carbocycles. The van der Waals surface area contributed by atoms with Gasteiger partial charge in [0.15, 0.2) is 12.2 Å². The predicted octanol–water partition coefficient (Wildman–Crippen LogP) is 1.73. The number of benzene rings is 1. The number of nitrogens with one attached hydrogen (secondary N) is 2. The number of hydrogen-bond donors (Lipinski definition) is 5. The molecule has 34 heavy (non-hydrogen) atoms. The van der Waals surface area contributed by atoms with Gasteiger partial charge < -0.3 is 36.2 Å². The lowest BCUT2D eigenvalue weighted by Gasteiger charge is -2.26. The number of likely N-dealkylation sites (tertiary alicyclic amines) is 1. The van der Waals surface area contributed by atoms with Crippen molar-refractivity contribution in [1.82, 2.24) is 10.2 Å². The molecule has 3 atom stereocenters. The highest BCUT2D eigenvalue weighted by atomic mass is 16.5. The Kier molecular flexibility index (Phi) is 10.1. The molecule has 1 saturated heterocycles. The molecular formula is C25H34N4O5. The second-order valence-electron chi connectivity index (χ2n) is 7.91. The SMILES string of the molecule is C=C1CN(C(=O)[C@H](OC)[C@@H](O)C(=O)N[C@H](C)c2ccc(N/C=C\CN)c(O)c2)C/C1=C/C=C\C. The number of nitrogens with zero attached hydrogens (tertiary/aromatic N) is 1. The molecule has 1 heterocycles. The van der Waals surface area contributed by atoms with Gasteiger partial charge in [0.05, 0.1) is 11.7 Å². The highest BCUT2D eigenvalue weighted by molar-refractivity contribution is 5.91. The normalized spacial score (nSPS) is 18.0. The number of methoxy groups -OCH3 is 1. The van der Waals surface area contributed by atoms with Crippen molar-refractivity contribution in [1.29, 1.82) is 0 Å². The van der Waals surface area contributed by atoms with Crippen LogP contribution in [-0.4, -0.2) is 65.9 Å². The van der Waals surface area contributed by atoms with E-state index in [4.69, 9.17) is 10.5 Å². The summed E-state index contributed by atoms with van der Waals surface area (Å²) in [6.07, 6.45) is 5.86. The van der Waals surface area contributed by atoms with Crippen molar-refractivity contribution in [3.05, 3.63) is 72.0 Å². The first kappa shape index (κ1) is 26.8. The lowest BCUT2D eigenvalue weighted by atomic mass is 10.1. The molecule has 6 N–H and O–H groups in total. The highest BCUT2D eigenvalue weighted by Crippen LogP contribution is 2.27. The second-order valence-corrected chi connectivity index (χ2v) is 7.91. The van der Waals surface area contributed by atoms with Crippen LogP contribution in [0.2, 0.25) is 0 Å². The summed E-state index contributed by atoms with van der Waals surface area (Å²) in [5.41, 5.74) is 8.18. The maximum Gasteiger partial charge on any atom is 0.255 e. The third-order valence-electron chi connectivity index (χ3n) is 5.42. The van der Waals surface area contributed by atoms with E-state index in [1.54, 1.807) is 31.3 Å². The van der Waals surface area contributed by atoms with Crippen LogP contribution in [0.25, 0.3) is 0 Å². The Balaban J connectivity index is 2.04. The highest BCUT2D eigenvalue weighted by Gasteiger charge is 2.37. The number of allylic oxidation sites excluding steroid dienone is 3. The molecule has 1 aliphatic heterocycles. The van der Waals surface area contributed by atoms with Crippen LogP contribution in [0.4, 0.5) is 5.69 Å². The number of phenolic OH excluding ortho intramolecular Hbond substituents is 1. The number of aliphatic hydroxyl groups excluding tert-OH is 1. The van der Waals surface area contributed by atoms with E-state index in [0.717, 1.165) is 11.1 Å². The summed E-state index contributed by atoms with van der Waals surface area (Å²) in [6.45, 7) is 8.56. The molecule has 0 spiro atoms. The summed E-state index contributed by atoms with van der Waals surface area (Å²) in [6, 6.07) is 4.34. The van der Waals surface area contributed by atoms with Crippen LogP contribution >= 0.6 is 0 Å². The Labute approximate surface area is 200 Å². The van der Waals surface area contributed by atoms with Crippen LogP contribution in [0, 0.1) is 0 Å². The van der Waals surface area contributed by atoms with E-state index < -0.39 is 30.1 Å². The third kappa shape index (κ3) is 6.80. The van der Waals surface area contributed by atoms with Gasteiger partial charge in [-0.3, -0.25) is 9.59 Å². The van der Waals surface area contributed by atoms with Crippen molar-refractivity contribution in [2.45, 2.75) is 32.1 Å². The van der Waals surface area contributed by atoms with Gasteiger partial charge in [-0.05, 0) is 48.9 Å². The van der Waals surface area contributed by atoms with Gasteiger partial charge in [0, 0.05) is 26.7 Å². The van der Waals surface area contributed by atoms with Crippen molar-refractivity contribution in [3.63, 3.8) is 0 Å². The van der Waals surface area contributed by atoms with Crippen molar-refractivity contribution in [2.24, 2.45) is 5.73 Å². The van der Waals surface area contributed by atoms with Gasteiger partial charge in [-0.1, -0.05) is 36.9 Å². The first-order valence-corrected chi connectivity index (χ1v) is 11.0. The molecule has 2 amide bonds. The zero-order valence-electron chi connectivity index (χ0n) is 19.8. The number of nitrogens with two attached hydrogens (primary N) is 1. The van der Waals surface area contributed by atoms with Crippen molar-refractivity contribution in [2.75, 3.05) is 32.1 Å². The standard InChI is InChI=1S/C25H34N4O5/c1-5-6-8-19-15-29(14-16(19)2)25(33)23(34-4)22(31)24(32)28-17(3)18-9-10-20(21(30)13-18)27-12-7-11-26/h5-10,12-13,17,22-23,27,30-31H,2,11,14-15,26H2,1,3-4H3,(H,28,32)/b6-5-,12-7-,19-8-/t17-,22-,23-/m1/s1. The fraction of sp³-hybridized carbons (Fsp3) is 0.360. The fourth-order valence-corrected chi connectivity index (χ4v) is 3.47. The molecule has 0 bridgehead atoms. The maximum absolute atomic E-state index is 13.0. The smallest absolute Gasteiger partial charge is 0.255 e. The van der Waals surface area contributed by atoms with E-state index in [2.05, 4.69) is 17.2 Å². The second kappa shape index (κ2) is 12.7. The molecule has 9 heteroatoms. The first-order valence-electron chi connectivity index (χ1n) is 11.0. The van der Waals surface area contributed by atoms with Crippen LogP contribution in [-0.2, 0) is 14.3 Å². The predicted molar refractivity (Wildman–Crippen MR) is 132 cm³/mol. The van der Waals surface area contributed by atoms with Crippen molar-refractivity contribution in [3.8, 4) is 5.75 Å². The number of aliphatic hydroxyl groups is 1. The summed E-state index contributed by atoms with van der Waals surface area (Å²) in [5.74, 6) is -1.27. The lowest BCUT2D eigenvalue weighted by Crippen LogP contribution is -2.51. The van der Waals surface area contributed by atoms with Crippen LogP contribution in [0.15, 0.2) is 66.4 Å². The average molecular weight is 471 g/mol. The molecule has 0 unspecified atom stereocenters. The minimum atomic E-state index is -1.72. The van der Waals surface area contributed by atoms with Gasteiger partial charge in [0.1, 0.15) is 5.75 Å². The van der Waals surface area contributed by atoms with Crippen LogP contribution < -0.4 is 16.4 Å². The molecule has 1 aliphatic rings. The Morgan fingerprint density at radius 1 is 1.35 bits per heavy atom. The van der Waals surface area contributed by atoms with Crippen LogP contribution in [0.5, 0.6) is 5.75 Å². The first-order chi connectivity index (χ1) is 16.2. The Morgan fingerprint density at radius 2 is 2.09 bits per heavy atom. The summed E-state index contributed by atoms with van der Waals surface area (Å²) in [5, 5.41) is 26.4. The maximum atomic E-state index is 13.0. The summed E-state index contributed by atoms with van der Waals surface area (Å²) in [4.78, 5) is 27.1. The van der Waals surface area contributed by atoms with E-state index in [0.29, 0.717) is 30.9 Å². The average Bonchev–Trinajstić information content (AvgIpc) is 3.19. The number of phenols is 1. The monoisotopic (exact) mass is 470 g/mol. The Morgan fingerprint density at radius 3 is 2.71 bits per heavy atom. The Hall–Kier alpha value is -3.40. The fourth-order valence-electron chi connectivity index (χ4n) is 3.47.